The van der Waals surface area contributed by atoms with Gasteiger partial charge in [-0.15, -0.1) is 12.4 Å². The van der Waals surface area contributed by atoms with E-state index in [1.807, 2.05) is 50.4 Å². The van der Waals surface area contributed by atoms with Crippen LogP contribution in [0.4, 0.5) is 5.69 Å². The molecule has 3 rings (SSSR count). The van der Waals surface area contributed by atoms with E-state index in [-0.39, 0.29) is 24.4 Å². The second-order valence-electron chi connectivity index (χ2n) is 6.38. The number of benzene rings is 1. The molecule has 0 bridgehead atoms. The number of carbonyl (C=O) groups excluding carboxylic acids is 1. The summed E-state index contributed by atoms with van der Waals surface area (Å²) < 4.78 is 7.43. The van der Waals surface area contributed by atoms with Gasteiger partial charge in [0, 0.05) is 18.1 Å². The molecule has 1 aliphatic rings. The average molecular weight is 365 g/mol. The highest BCUT2D eigenvalue weighted by atomic mass is 35.5. The number of aromatic nitrogens is 2. The fraction of sp³-hybridized carbons (Fsp3) is 0.444. The molecule has 2 heterocycles. The van der Waals surface area contributed by atoms with Gasteiger partial charge in [-0.25, -0.2) is 0 Å². The first kappa shape index (κ1) is 19.3. The van der Waals surface area contributed by atoms with Gasteiger partial charge in [0.1, 0.15) is 11.3 Å². The quantitative estimate of drug-likeness (QED) is 0.856. The van der Waals surface area contributed by atoms with Gasteiger partial charge in [0.25, 0.3) is 5.91 Å². The second-order valence-corrected chi connectivity index (χ2v) is 6.38. The molecule has 136 valence electrons. The van der Waals surface area contributed by atoms with Crippen LogP contribution in [0.5, 0.6) is 5.75 Å². The molecule has 1 saturated heterocycles. The van der Waals surface area contributed by atoms with E-state index in [0.29, 0.717) is 0 Å². The van der Waals surface area contributed by atoms with E-state index in [4.69, 9.17) is 4.74 Å². The van der Waals surface area contributed by atoms with Gasteiger partial charge in [-0.05, 0) is 70.1 Å². The first-order valence-electron chi connectivity index (χ1n) is 8.39. The molecule has 1 aromatic heterocycles. The van der Waals surface area contributed by atoms with E-state index in [9.17, 15) is 4.79 Å². The predicted molar refractivity (Wildman–Crippen MR) is 100 cm³/mol. The Morgan fingerprint density at radius 1 is 1.28 bits per heavy atom. The van der Waals surface area contributed by atoms with Crippen LogP contribution in [0.15, 0.2) is 42.7 Å². The smallest absolute Gasteiger partial charge is 0.252 e. The lowest BCUT2D eigenvalue weighted by Gasteiger charge is -2.36. The molecule has 1 amide bonds. The predicted octanol–water partition coefficient (Wildman–Crippen LogP) is 2.81. The number of anilines is 1. The third-order valence-electron chi connectivity index (χ3n) is 4.28. The SMILES string of the molecule is CC(C)Oc1ccc(NC(=O)C2(n3cccn3)CCNCC2)cc1.Cl. The minimum atomic E-state index is -0.637. The lowest BCUT2D eigenvalue weighted by molar-refractivity contribution is -0.126. The molecular formula is C18H25ClN4O2. The second kappa shape index (κ2) is 8.36. The molecule has 0 aliphatic carbocycles. The summed E-state index contributed by atoms with van der Waals surface area (Å²) in [5.41, 5.74) is 0.128. The Labute approximate surface area is 154 Å². The third kappa shape index (κ3) is 4.32. The van der Waals surface area contributed by atoms with Crippen LogP contribution in [0, 0.1) is 0 Å². The van der Waals surface area contributed by atoms with Crippen LogP contribution in [0.1, 0.15) is 26.7 Å². The number of carbonyl (C=O) groups is 1. The largest absolute Gasteiger partial charge is 0.491 e. The molecule has 7 heteroatoms. The van der Waals surface area contributed by atoms with Crippen molar-refractivity contribution in [3.63, 3.8) is 0 Å². The van der Waals surface area contributed by atoms with Gasteiger partial charge < -0.3 is 15.4 Å². The highest BCUT2D eigenvalue weighted by molar-refractivity contribution is 5.96. The van der Waals surface area contributed by atoms with Crippen LogP contribution < -0.4 is 15.4 Å². The van der Waals surface area contributed by atoms with E-state index in [1.165, 1.54) is 0 Å². The summed E-state index contributed by atoms with van der Waals surface area (Å²) in [4.78, 5) is 13.0. The maximum Gasteiger partial charge on any atom is 0.252 e. The Hall–Kier alpha value is -2.05. The van der Waals surface area contributed by atoms with Crippen molar-refractivity contribution >= 4 is 24.0 Å². The standard InChI is InChI=1S/C18H24N4O2.ClH/c1-14(2)24-16-6-4-15(5-7-16)21-17(23)18(8-11-19-12-9-18)22-13-3-10-20-22;/h3-7,10,13-14,19H,8-9,11-12H2,1-2H3,(H,21,23);1H. The van der Waals surface area contributed by atoms with Crippen molar-refractivity contribution < 1.29 is 9.53 Å². The van der Waals surface area contributed by atoms with Crippen molar-refractivity contribution in [2.75, 3.05) is 18.4 Å². The number of rotatable bonds is 5. The van der Waals surface area contributed by atoms with Crippen LogP contribution >= 0.6 is 12.4 Å². The summed E-state index contributed by atoms with van der Waals surface area (Å²) in [6.45, 7) is 5.57. The van der Waals surface area contributed by atoms with Crippen LogP contribution in [-0.2, 0) is 10.3 Å². The lowest BCUT2D eigenvalue weighted by atomic mass is 9.87. The molecule has 0 atom stereocenters. The normalized spacial score (nSPS) is 16.1. The Kier molecular flexibility index (Phi) is 6.45. The number of halogens is 1. The summed E-state index contributed by atoms with van der Waals surface area (Å²) in [5, 5.41) is 10.7. The molecule has 1 fully saturated rings. The van der Waals surface area contributed by atoms with Gasteiger partial charge in [-0.1, -0.05) is 0 Å². The highest BCUT2D eigenvalue weighted by Gasteiger charge is 2.41. The average Bonchev–Trinajstić information content (AvgIpc) is 3.12. The van der Waals surface area contributed by atoms with Crippen molar-refractivity contribution in [3.8, 4) is 5.75 Å². The summed E-state index contributed by atoms with van der Waals surface area (Å²) >= 11 is 0. The number of hydrogen-bond acceptors (Lipinski definition) is 4. The summed E-state index contributed by atoms with van der Waals surface area (Å²) in [7, 11) is 0. The maximum atomic E-state index is 13.0. The topological polar surface area (TPSA) is 68.2 Å². The first-order valence-corrected chi connectivity index (χ1v) is 8.39. The van der Waals surface area contributed by atoms with Gasteiger partial charge in [0.15, 0.2) is 0 Å². The monoisotopic (exact) mass is 364 g/mol. The number of nitrogens with one attached hydrogen (secondary N) is 2. The molecule has 0 spiro atoms. The van der Waals surface area contributed by atoms with Crippen molar-refractivity contribution in [1.82, 2.24) is 15.1 Å². The number of nitrogens with zero attached hydrogens (tertiary/aromatic N) is 2. The Balaban J connectivity index is 0.00000225. The fourth-order valence-electron chi connectivity index (χ4n) is 3.06. The van der Waals surface area contributed by atoms with Crippen molar-refractivity contribution in [1.29, 1.82) is 0 Å². The molecule has 2 N–H and O–H groups in total. The van der Waals surface area contributed by atoms with E-state index >= 15 is 0 Å². The molecule has 0 unspecified atom stereocenters. The Morgan fingerprint density at radius 2 is 1.96 bits per heavy atom. The van der Waals surface area contributed by atoms with Crippen LogP contribution in [0.3, 0.4) is 0 Å². The van der Waals surface area contributed by atoms with Gasteiger partial charge in [0.2, 0.25) is 0 Å². The van der Waals surface area contributed by atoms with E-state index in [0.717, 1.165) is 37.4 Å². The zero-order chi connectivity index (χ0) is 17.0. The summed E-state index contributed by atoms with van der Waals surface area (Å²) in [5.74, 6) is 0.775. The number of hydrogen-bond donors (Lipinski definition) is 2. The third-order valence-corrected chi connectivity index (χ3v) is 4.28. The molecule has 6 nitrogen and oxygen atoms in total. The first-order chi connectivity index (χ1) is 11.6. The van der Waals surface area contributed by atoms with Gasteiger partial charge in [-0.3, -0.25) is 9.48 Å². The van der Waals surface area contributed by atoms with E-state index < -0.39 is 5.54 Å². The Morgan fingerprint density at radius 3 is 2.52 bits per heavy atom. The molecule has 1 aliphatic heterocycles. The minimum absolute atomic E-state index is 0. The Bertz CT molecular complexity index is 665. The number of ether oxygens (including phenoxy) is 1. The summed E-state index contributed by atoms with van der Waals surface area (Å²) in [6.07, 6.45) is 5.15. The van der Waals surface area contributed by atoms with Crippen LogP contribution in [0.2, 0.25) is 0 Å². The maximum absolute atomic E-state index is 13.0. The van der Waals surface area contributed by atoms with E-state index in [1.54, 1.807) is 10.9 Å². The minimum Gasteiger partial charge on any atom is -0.491 e. The lowest BCUT2D eigenvalue weighted by Crippen LogP contribution is -2.52. The van der Waals surface area contributed by atoms with Crippen LogP contribution in [-0.4, -0.2) is 34.9 Å². The van der Waals surface area contributed by atoms with Crippen LogP contribution in [0.25, 0.3) is 0 Å². The number of piperidine rings is 1. The zero-order valence-electron chi connectivity index (χ0n) is 14.6. The van der Waals surface area contributed by atoms with Gasteiger partial charge in [-0.2, -0.15) is 5.10 Å². The van der Waals surface area contributed by atoms with Gasteiger partial charge in [0.05, 0.1) is 6.10 Å². The fourth-order valence-corrected chi connectivity index (χ4v) is 3.06. The molecule has 0 radical (unpaired) electrons. The van der Waals surface area contributed by atoms with Crippen molar-refractivity contribution in [2.24, 2.45) is 0 Å². The molecule has 25 heavy (non-hydrogen) atoms. The van der Waals surface area contributed by atoms with Crippen molar-refractivity contribution in [3.05, 3.63) is 42.7 Å². The molecule has 1 aromatic carbocycles. The highest BCUT2D eigenvalue weighted by Crippen LogP contribution is 2.29. The number of amides is 1. The zero-order valence-corrected chi connectivity index (χ0v) is 15.4. The summed E-state index contributed by atoms with van der Waals surface area (Å²) in [6, 6.07) is 9.34. The van der Waals surface area contributed by atoms with Crippen molar-refractivity contribution in [2.45, 2.75) is 38.3 Å². The van der Waals surface area contributed by atoms with E-state index in [2.05, 4.69) is 15.7 Å². The molecular weight excluding hydrogens is 340 g/mol. The van der Waals surface area contributed by atoms with Gasteiger partial charge >= 0.3 is 0 Å². The molecule has 2 aromatic rings. The molecule has 0 saturated carbocycles.